The molecule has 3 heterocycles. The number of nitrogens with zero attached hydrogens (tertiary/aromatic N) is 2. The van der Waals surface area contributed by atoms with Crippen LogP contribution in [-0.4, -0.2) is 39.9 Å². The summed E-state index contributed by atoms with van der Waals surface area (Å²) in [4.78, 5) is 28.6. The Morgan fingerprint density at radius 3 is 2.77 bits per heavy atom. The Bertz CT molecular complexity index is 1060. The summed E-state index contributed by atoms with van der Waals surface area (Å²) in [7, 11) is 0. The molecule has 31 heavy (non-hydrogen) atoms. The van der Waals surface area contributed by atoms with E-state index in [-0.39, 0.29) is 30.1 Å². The number of carbonyl (C=O) groups excluding carboxylic acids is 2. The van der Waals surface area contributed by atoms with Gasteiger partial charge in [-0.15, -0.1) is 0 Å². The Morgan fingerprint density at radius 1 is 1.19 bits per heavy atom. The third kappa shape index (κ3) is 5.30. The molecule has 7 nitrogen and oxygen atoms in total. The molecular formula is C24H28N4O3. The van der Waals surface area contributed by atoms with E-state index < -0.39 is 0 Å². The summed E-state index contributed by atoms with van der Waals surface area (Å²) in [5, 5.41) is 5.99. The molecule has 0 spiro atoms. The summed E-state index contributed by atoms with van der Waals surface area (Å²) in [5.74, 6) is -0.233. The molecule has 0 aliphatic carbocycles. The summed E-state index contributed by atoms with van der Waals surface area (Å²) < 4.78 is 8.15. The third-order valence-corrected chi connectivity index (χ3v) is 5.58. The van der Waals surface area contributed by atoms with Crippen LogP contribution in [0.2, 0.25) is 0 Å². The van der Waals surface area contributed by atoms with Crippen molar-refractivity contribution in [3.05, 3.63) is 71.7 Å². The van der Waals surface area contributed by atoms with Gasteiger partial charge in [0.2, 0.25) is 5.91 Å². The standard InChI is InChI=1S/C24H28N4O3/c1-16-9-11-28-15-21(27-23(28)12-16)24(30)25-10-8-20-13-19(26-17(2)29)14-22(31-20)18-6-4-3-5-7-18/h3-7,9,11-12,15,19-20,22H,8,10,13-14H2,1-2H3,(H,25,30)(H,26,29)/t19-,20+,22+/m0/s1. The predicted molar refractivity (Wildman–Crippen MR) is 118 cm³/mol. The average molecular weight is 421 g/mol. The first-order valence-corrected chi connectivity index (χ1v) is 10.7. The van der Waals surface area contributed by atoms with Gasteiger partial charge >= 0.3 is 0 Å². The van der Waals surface area contributed by atoms with Crippen molar-refractivity contribution in [3.8, 4) is 0 Å². The monoisotopic (exact) mass is 420 g/mol. The molecule has 2 N–H and O–H groups in total. The number of aromatic nitrogens is 2. The van der Waals surface area contributed by atoms with Crippen LogP contribution < -0.4 is 10.6 Å². The number of nitrogens with one attached hydrogen (secondary N) is 2. The Labute approximate surface area is 181 Å². The van der Waals surface area contributed by atoms with E-state index in [1.807, 2.05) is 60.0 Å². The van der Waals surface area contributed by atoms with Gasteiger partial charge in [-0.25, -0.2) is 4.98 Å². The van der Waals surface area contributed by atoms with Crippen molar-refractivity contribution in [1.29, 1.82) is 0 Å². The van der Waals surface area contributed by atoms with Gasteiger partial charge in [0.15, 0.2) is 0 Å². The number of rotatable bonds is 6. The highest BCUT2D eigenvalue weighted by molar-refractivity contribution is 5.92. The van der Waals surface area contributed by atoms with Crippen molar-refractivity contribution in [1.82, 2.24) is 20.0 Å². The van der Waals surface area contributed by atoms with E-state index >= 15 is 0 Å². The Hall–Kier alpha value is -3.19. The molecule has 162 valence electrons. The van der Waals surface area contributed by atoms with Gasteiger partial charge < -0.3 is 19.8 Å². The number of imidazole rings is 1. The summed E-state index contributed by atoms with van der Waals surface area (Å²) in [6.07, 6.45) is 5.64. The van der Waals surface area contributed by atoms with Crippen molar-refractivity contribution in [2.45, 2.75) is 51.4 Å². The summed E-state index contributed by atoms with van der Waals surface area (Å²) in [5.41, 5.74) is 3.35. The summed E-state index contributed by atoms with van der Waals surface area (Å²) >= 11 is 0. The van der Waals surface area contributed by atoms with Crippen LogP contribution in [0.5, 0.6) is 0 Å². The van der Waals surface area contributed by atoms with Gasteiger partial charge in [0.25, 0.3) is 5.91 Å². The summed E-state index contributed by atoms with van der Waals surface area (Å²) in [6, 6.07) is 14.0. The smallest absolute Gasteiger partial charge is 0.271 e. The first-order chi connectivity index (χ1) is 15.0. The number of pyridine rings is 1. The van der Waals surface area contributed by atoms with Crippen LogP contribution in [-0.2, 0) is 9.53 Å². The molecule has 1 aliphatic rings. The van der Waals surface area contributed by atoms with E-state index in [9.17, 15) is 9.59 Å². The lowest BCUT2D eigenvalue weighted by Gasteiger charge is -2.36. The Balaban J connectivity index is 1.36. The fraction of sp³-hybridized carbons (Fsp3) is 0.375. The molecule has 3 aromatic rings. The van der Waals surface area contributed by atoms with E-state index in [1.165, 1.54) is 0 Å². The number of benzene rings is 1. The lowest BCUT2D eigenvalue weighted by atomic mass is 9.93. The first-order valence-electron chi connectivity index (χ1n) is 10.7. The zero-order valence-corrected chi connectivity index (χ0v) is 17.9. The van der Waals surface area contributed by atoms with Crippen molar-refractivity contribution >= 4 is 17.5 Å². The molecule has 3 atom stereocenters. The molecule has 7 heteroatoms. The molecule has 4 rings (SSSR count). The highest BCUT2D eigenvalue weighted by atomic mass is 16.5. The minimum atomic E-state index is -0.199. The van der Waals surface area contributed by atoms with Gasteiger partial charge in [0, 0.05) is 31.9 Å². The second-order valence-corrected chi connectivity index (χ2v) is 8.17. The van der Waals surface area contributed by atoms with Crippen LogP contribution in [0.1, 0.15) is 53.9 Å². The van der Waals surface area contributed by atoms with Gasteiger partial charge in [-0.05, 0) is 49.4 Å². The van der Waals surface area contributed by atoms with Crippen molar-refractivity contribution in [3.63, 3.8) is 0 Å². The maximum atomic E-state index is 12.6. The van der Waals surface area contributed by atoms with Crippen LogP contribution in [0.3, 0.4) is 0 Å². The lowest BCUT2D eigenvalue weighted by Crippen LogP contribution is -2.43. The van der Waals surface area contributed by atoms with Gasteiger partial charge in [-0.1, -0.05) is 30.3 Å². The van der Waals surface area contributed by atoms with Crippen LogP contribution in [0.4, 0.5) is 0 Å². The predicted octanol–water partition coefficient (Wildman–Crippen LogP) is 3.19. The second kappa shape index (κ2) is 9.31. The fourth-order valence-electron chi connectivity index (χ4n) is 4.12. The van der Waals surface area contributed by atoms with Gasteiger partial charge in [-0.2, -0.15) is 0 Å². The van der Waals surface area contributed by atoms with Crippen LogP contribution in [0, 0.1) is 6.92 Å². The largest absolute Gasteiger partial charge is 0.370 e. The quantitative estimate of drug-likeness (QED) is 0.641. The molecule has 1 saturated heterocycles. The van der Waals surface area contributed by atoms with E-state index in [0.717, 1.165) is 29.6 Å². The normalized spacial score (nSPS) is 21.0. The first kappa shape index (κ1) is 21.1. The number of aryl methyl sites for hydroxylation is 1. The Morgan fingerprint density at radius 2 is 2.00 bits per heavy atom. The van der Waals surface area contributed by atoms with E-state index in [0.29, 0.717) is 18.7 Å². The van der Waals surface area contributed by atoms with Gasteiger partial charge in [0.05, 0.1) is 12.2 Å². The number of carbonyl (C=O) groups is 2. The van der Waals surface area contributed by atoms with Crippen LogP contribution in [0.25, 0.3) is 5.65 Å². The Kier molecular flexibility index (Phi) is 6.32. The SMILES string of the molecule is CC(=O)N[C@H]1C[C@@H](CCNC(=O)c2cn3ccc(C)cc3n2)O[C@@H](c2ccccc2)C1. The number of fused-ring (bicyclic) bond motifs is 1. The topological polar surface area (TPSA) is 84.7 Å². The highest BCUT2D eigenvalue weighted by Crippen LogP contribution is 2.32. The molecule has 0 unspecified atom stereocenters. The molecule has 0 bridgehead atoms. The van der Waals surface area contributed by atoms with Crippen LogP contribution >= 0.6 is 0 Å². The average Bonchev–Trinajstić information content (AvgIpc) is 3.17. The molecule has 2 amide bonds. The summed E-state index contributed by atoms with van der Waals surface area (Å²) in [6.45, 7) is 4.01. The minimum absolute atomic E-state index is 0.0344. The van der Waals surface area contributed by atoms with Crippen molar-refractivity contribution in [2.24, 2.45) is 0 Å². The van der Waals surface area contributed by atoms with Crippen molar-refractivity contribution < 1.29 is 14.3 Å². The third-order valence-electron chi connectivity index (χ3n) is 5.58. The molecule has 1 aliphatic heterocycles. The lowest BCUT2D eigenvalue weighted by molar-refractivity contribution is -0.122. The molecule has 1 fully saturated rings. The zero-order chi connectivity index (χ0) is 21.8. The number of hydrogen-bond donors (Lipinski definition) is 2. The van der Waals surface area contributed by atoms with Gasteiger partial charge in [-0.3, -0.25) is 9.59 Å². The minimum Gasteiger partial charge on any atom is -0.370 e. The van der Waals surface area contributed by atoms with Gasteiger partial charge in [0.1, 0.15) is 11.3 Å². The second-order valence-electron chi connectivity index (χ2n) is 8.17. The van der Waals surface area contributed by atoms with E-state index in [1.54, 1.807) is 13.1 Å². The number of hydrogen-bond acceptors (Lipinski definition) is 4. The maximum absolute atomic E-state index is 12.6. The highest BCUT2D eigenvalue weighted by Gasteiger charge is 2.30. The molecule has 1 aromatic carbocycles. The fourth-order valence-corrected chi connectivity index (χ4v) is 4.12. The van der Waals surface area contributed by atoms with Crippen LogP contribution in [0.15, 0.2) is 54.9 Å². The van der Waals surface area contributed by atoms with Crippen molar-refractivity contribution in [2.75, 3.05) is 6.54 Å². The van der Waals surface area contributed by atoms with E-state index in [4.69, 9.17) is 4.74 Å². The molecular weight excluding hydrogens is 392 g/mol. The number of ether oxygens (including phenoxy) is 1. The molecule has 0 radical (unpaired) electrons. The molecule has 2 aromatic heterocycles. The van der Waals surface area contributed by atoms with E-state index in [2.05, 4.69) is 15.6 Å². The maximum Gasteiger partial charge on any atom is 0.271 e. The zero-order valence-electron chi connectivity index (χ0n) is 17.9. The molecule has 0 saturated carbocycles. The number of amides is 2.